The summed E-state index contributed by atoms with van der Waals surface area (Å²) in [6.45, 7) is 0. The van der Waals surface area contributed by atoms with Crippen molar-refractivity contribution >= 4 is 33.7 Å². The molecule has 0 aliphatic heterocycles. The highest BCUT2D eigenvalue weighted by atomic mass is 79.9. The molecule has 0 radical (unpaired) electrons. The lowest BCUT2D eigenvalue weighted by molar-refractivity contribution is -0.384. The number of aromatic amines is 1. The van der Waals surface area contributed by atoms with Crippen LogP contribution >= 0.6 is 15.9 Å². The molecule has 2 N–H and O–H groups in total. The number of hydrogen-bond donors (Lipinski definition) is 2. The van der Waals surface area contributed by atoms with Crippen LogP contribution < -0.4 is 5.43 Å². The zero-order valence-corrected chi connectivity index (χ0v) is 14.8. The molecule has 2 aromatic carbocycles. The third kappa shape index (κ3) is 4.19. The van der Waals surface area contributed by atoms with E-state index in [4.69, 9.17) is 0 Å². The monoisotopic (exact) mass is 413 g/mol. The SMILES string of the molecule is O=C(NN=Cc1cccc(Br)c1)c1cc(-c2cccc([N+](=O)[O-])c2)n[nH]1. The third-order valence-corrected chi connectivity index (χ3v) is 3.90. The molecule has 0 aliphatic rings. The molecule has 0 spiro atoms. The molecule has 0 saturated heterocycles. The summed E-state index contributed by atoms with van der Waals surface area (Å²) in [6, 6.07) is 15.0. The highest BCUT2D eigenvalue weighted by Crippen LogP contribution is 2.22. The summed E-state index contributed by atoms with van der Waals surface area (Å²) in [6.07, 6.45) is 1.51. The number of rotatable bonds is 5. The van der Waals surface area contributed by atoms with Gasteiger partial charge in [0, 0.05) is 22.2 Å². The Kier molecular flexibility index (Phi) is 5.18. The van der Waals surface area contributed by atoms with Crippen molar-refractivity contribution in [1.82, 2.24) is 15.6 Å². The highest BCUT2D eigenvalue weighted by Gasteiger charge is 2.13. The number of nitro benzene ring substituents is 1. The highest BCUT2D eigenvalue weighted by molar-refractivity contribution is 9.10. The zero-order valence-electron chi connectivity index (χ0n) is 13.2. The van der Waals surface area contributed by atoms with Crippen LogP contribution in [0.15, 0.2) is 64.2 Å². The smallest absolute Gasteiger partial charge is 0.272 e. The van der Waals surface area contributed by atoms with Gasteiger partial charge >= 0.3 is 0 Å². The van der Waals surface area contributed by atoms with E-state index in [0.717, 1.165) is 10.0 Å². The van der Waals surface area contributed by atoms with Crippen molar-refractivity contribution in [3.8, 4) is 11.3 Å². The fraction of sp³-hybridized carbons (Fsp3) is 0. The molecule has 0 aliphatic carbocycles. The second-order valence-corrected chi connectivity index (χ2v) is 6.14. The molecule has 0 unspecified atom stereocenters. The van der Waals surface area contributed by atoms with Crippen molar-refractivity contribution in [2.45, 2.75) is 0 Å². The maximum atomic E-state index is 12.1. The van der Waals surface area contributed by atoms with Gasteiger partial charge in [0.2, 0.25) is 0 Å². The summed E-state index contributed by atoms with van der Waals surface area (Å²) in [5, 5.41) is 21.4. The van der Waals surface area contributed by atoms with Crippen LogP contribution in [0.4, 0.5) is 5.69 Å². The second kappa shape index (κ2) is 7.70. The standard InChI is InChI=1S/C17H12BrN5O3/c18-13-5-1-3-11(7-13)10-19-22-17(24)16-9-15(20-21-16)12-4-2-6-14(8-12)23(25)26/h1-10H,(H,20,21)(H,22,24). The average molecular weight is 414 g/mol. The van der Waals surface area contributed by atoms with Crippen molar-refractivity contribution in [3.63, 3.8) is 0 Å². The van der Waals surface area contributed by atoms with Crippen LogP contribution in [-0.4, -0.2) is 27.2 Å². The number of carbonyl (C=O) groups is 1. The summed E-state index contributed by atoms with van der Waals surface area (Å²) in [4.78, 5) is 22.5. The Bertz CT molecular complexity index is 999. The van der Waals surface area contributed by atoms with Gasteiger partial charge in [-0.1, -0.05) is 40.2 Å². The van der Waals surface area contributed by atoms with Crippen molar-refractivity contribution in [1.29, 1.82) is 0 Å². The minimum absolute atomic E-state index is 0.0462. The zero-order chi connectivity index (χ0) is 18.5. The van der Waals surface area contributed by atoms with E-state index in [1.54, 1.807) is 12.1 Å². The lowest BCUT2D eigenvalue weighted by Crippen LogP contribution is -2.17. The van der Waals surface area contributed by atoms with E-state index in [-0.39, 0.29) is 11.4 Å². The summed E-state index contributed by atoms with van der Waals surface area (Å²) >= 11 is 3.35. The first-order valence-electron chi connectivity index (χ1n) is 7.42. The lowest BCUT2D eigenvalue weighted by Gasteiger charge is -1.97. The number of H-pyrrole nitrogens is 1. The molecular weight excluding hydrogens is 402 g/mol. The van der Waals surface area contributed by atoms with Gasteiger partial charge in [-0.3, -0.25) is 20.0 Å². The Hall–Kier alpha value is -3.33. The molecule has 1 aromatic heterocycles. The quantitative estimate of drug-likeness (QED) is 0.378. The van der Waals surface area contributed by atoms with Gasteiger partial charge < -0.3 is 0 Å². The summed E-state index contributed by atoms with van der Waals surface area (Å²) in [7, 11) is 0. The van der Waals surface area contributed by atoms with Crippen LogP contribution in [-0.2, 0) is 0 Å². The van der Waals surface area contributed by atoms with Crippen LogP contribution in [0.1, 0.15) is 16.1 Å². The van der Waals surface area contributed by atoms with Gasteiger partial charge in [0.15, 0.2) is 0 Å². The van der Waals surface area contributed by atoms with E-state index in [0.29, 0.717) is 11.3 Å². The fourth-order valence-electron chi connectivity index (χ4n) is 2.18. The maximum absolute atomic E-state index is 12.1. The number of hydrogen-bond acceptors (Lipinski definition) is 5. The van der Waals surface area contributed by atoms with Gasteiger partial charge in [0.1, 0.15) is 5.69 Å². The number of aromatic nitrogens is 2. The Balaban J connectivity index is 1.70. The molecule has 3 aromatic rings. The summed E-state index contributed by atoms with van der Waals surface area (Å²) < 4.78 is 0.906. The molecule has 0 saturated carbocycles. The fourth-order valence-corrected chi connectivity index (χ4v) is 2.59. The van der Waals surface area contributed by atoms with Crippen LogP contribution in [0.2, 0.25) is 0 Å². The van der Waals surface area contributed by atoms with Crippen LogP contribution in [0.25, 0.3) is 11.3 Å². The van der Waals surface area contributed by atoms with E-state index in [2.05, 4.69) is 36.7 Å². The van der Waals surface area contributed by atoms with Gasteiger partial charge in [-0.2, -0.15) is 10.2 Å². The Morgan fingerprint density at radius 3 is 2.81 bits per heavy atom. The number of hydrazone groups is 1. The molecule has 130 valence electrons. The van der Waals surface area contributed by atoms with Gasteiger partial charge in [-0.05, 0) is 23.8 Å². The normalized spacial score (nSPS) is 10.8. The van der Waals surface area contributed by atoms with Gasteiger partial charge in [0.05, 0.1) is 16.8 Å². The van der Waals surface area contributed by atoms with Gasteiger partial charge in [-0.25, -0.2) is 5.43 Å². The first-order chi connectivity index (χ1) is 12.5. The van der Waals surface area contributed by atoms with Crippen molar-refractivity contribution in [2.24, 2.45) is 5.10 Å². The number of nitro groups is 1. The molecule has 1 heterocycles. The van der Waals surface area contributed by atoms with Gasteiger partial charge in [-0.15, -0.1) is 0 Å². The van der Waals surface area contributed by atoms with E-state index >= 15 is 0 Å². The predicted octanol–water partition coefficient (Wildman–Crippen LogP) is 3.51. The molecule has 0 bridgehead atoms. The number of nitrogens with zero attached hydrogens (tertiary/aromatic N) is 3. The van der Waals surface area contributed by atoms with E-state index in [1.807, 2.05) is 24.3 Å². The number of nitrogens with one attached hydrogen (secondary N) is 2. The number of amides is 1. The molecule has 3 rings (SSSR count). The first-order valence-corrected chi connectivity index (χ1v) is 8.21. The molecule has 1 amide bonds. The number of carbonyl (C=O) groups excluding carboxylic acids is 1. The first kappa shape index (κ1) is 17.5. The van der Waals surface area contributed by atoms with Crippen molar-refractivity contribution < 1.29 is 9.72 Å². The lowest BCUT2D eigenvalue weighted by atomic mass is 10.1. The molecule has 0 fully saturated rings. The van der Waals surface area contributed by atoms with E-state index < -0.39 is 10.8 Å². The Labute approximate surface area is 156 Å². The Morgan fingerprint density at radius 1 is 1.23 bits per heavy atom. The molecule has 26 heavy (non-hydrogen) atoms. The van der Waals surface area contributed by atoms with Crippen molar-refractivity contribution in [3.05, 3.63) is 80.4 Å². The molecular formula is C17H12BrN5O3. The van der Waals surface area contributed by atoms with Gasteiger partial charge in [0.25, 0.3) is 11.6 Å². The number of non-ortho nitro benzene ring substituents is 1. The number of benzene rings is 2. The molecule has 8 nitrogen and oxygen atoms in total. The maximum Gasteiger partial charge on any atom is 0.289 e. The Morgan fingerprint density at radius 2 is 2.04 bits per heavy atom. The average Bonchev–Trinajstić information content (AvgIpc) is 3.12. The van der Waals surface area contributed by atoms with Crippen molar-refractivity contribution in [2.75, 3.05) is 0 Å². The molecule has 9 heteroatoms. The minimum Gasteiger partial charge on any atom is -0.272 e. The van der Waals surface area contributed by atoms with E-state index in [1.165, 1.54) is 24.4 Å². The minimum atomic E-state index is -0.486. The second-order valence-electron chi connectivity index (χ2n) is 5.23. The topological polar surface area (TPSA) is 113 Å². The summed E-state index contributed by atoms with van der Waals surface area (Å²) in [5.74, 6) is -0.472. The number of halogens is 1. The largest absolute Gasteiger partial charge is 0.289 e. The van der Waals surface area contributed by atoms with Crippen LogP contribution in [0.5, 0.6) is 0 Å². The molecule has 0 atom stereocenters. The summed E-state index contributed by atoms with van der Waals surface area (Å²) in [5.41, 5.74) is 4.32. The van der Waals surface area contributed by atoms with Crippen LogP contribution in [0, 0.1) is 10.1 Å². The third-order valence-electron chi connectivity index (χ3n) is 3.40. The predicted molar refractivity (Wildman–Crippen MR) is 99.9 cm³/mol. The van der Waals surface area contributed by atoms with Crippen LogP contribution in [0.3, 0.4) is 0 Å². The van der Waals surface area contributed by atoms with E-state index in [9.17, 15) is 14.9 Å².